The molecule has 0 saturated carbocycles. The molecule has 3 rings (SSSR count). The second-order valence-electron chi connectivity index (χ2n) is 6.00. The quantitative estimate of drug-likeness (QED) is 0.901. The van der Waals surface area contributed by atoms with E-state index in [0.29, 0.717) is 37.6 Å². The van der Waals surface area contributed by atoms with Crippen molar-refractivity contribution in [3.63, 3.8) is 0 Å². The molecular weight excluding hydrogens is 345 g/mol. The van der Waals surface area contributed by atoms with Crippen LogP contribution in [-0.4, -0.2) is 46.8 Å². The van der Waals surface area contributed by atoms with E-state index in [1.165, 1.54) is 12.1 Å². The van der Waals surface area contributed by atoms with Crippen molar-refractivity contribution in [3.05, 3.63) is 40.8 Å². The fourth-order valence-corrected chi connectivity index (χ4v) is 3.33. The van der Waals surface area contributed by atoms with Crippen molar-refractivity contribution in [2.45, 2.75) is 19.9 Å². The normalized spacial score (nSPS) is 14.8. The van der Waals surface area contributed by atoms with Crippen molar-refractivity contribution in [2.24, 2.45) is 0 Å². The Balaban J connectivity index is 1.60. The number of carbonyl (C=O) groups excluding carboxylic acids is 1. The molecule has 1 aromatic heterocycles. The maximum atomic E-state index is 13.0. The van der Waals surface area contributed by atoms with Crippen LogP contribution in [0.15, 0.2) is 24.3 Å². The summed E-state index contributed by atoms with van der Waals surface area (Å²) in [5, 5.41) is 4.58. The zero-order valence-electron chi connectivity index (χ0n) is 14.1. The van der Waals surface area contributed by atoms with E-state index in [1.807, 2.05) is 11.8 Å². The van der Waals surface area contributed by atoms with E-state index in [0.717, 1.165) is 11.4 Å². The summed E-state index contributed by atoms with van der Waals surface area (Å²) in [6.45, 7) is 4.73. The molecular formula is C17H21ClFN5O. The number of nitrogens with zero attached hydrogens (tertiary/aromatic N) is 4. The Kier molecular flexibility index (Phi) is 5.13. The second kappa shape index (κ2) is 7.31. The third kappa shape index (κ3) is 3.71. The van der Waals surface area contributed by atoms with Gasteiger partial charge in [0.2, 0.25) is 5.91 Å². The van der Waals surface area contributed by atoms with Gasteiger partial charge in [0.1, 0.15) is 17.4 Å². The molecule has 25 heavy (non-hydrogen) atoms. The van der Waals surface area contributed by atoms with Crippen LogP contribution in [0.4, 0.5) is 15.9 Å². The number of hydrogen-bond acceptors (Lipinski definition) is 4. The van der Waals surface area contributed by atoms with E-state index < -0.39 is 0 Å². The molecule has 6 nitrogen and oxygen atoms in total. The van der Waals surface area contributed by atoms with Gasteiger partial charge in [0.25, 0.3) is 0 Å². The number of anilines is 2. The molecule has 0 atom stereocenters. The molecule has 1 fully saturated rings. The zero-order valence-corrected chi connectivity index (χ0v) is 14.8. The lowest BCUT2D eigenvalue weighted by Crippen LogP contribution is -2.49. The fourth-order valence-electron chi connectivity index (χ4n) is 3.06. The van der Waals surface area contributed by atoms with Crippen molar-refractivity contribution >= 4 is 29.0 Å². The first-order chi connectivity index (χ1) is 12.0. The van der Waals surface area contributed by atoms with E-state index in [4.69, 9.17) is 17.3 Å². The molecule has 0 spiro atoms. The number of hydrogen-bond donors (Lipinski definition) is 1. The van der Waals surface area contributed by atoms with Crippen LogP contribution < -0.4 is 10.6 Å². The summed E-state index contributed by atoms with van der Waals surface area (Å²) in [5.74, 6) is 0.00140. The summed E-state index contributed by atoms with van der Waals surface area (Å²) in [7, 11) is 0. The first-order valence-electron chi connectivity index (χ1n) is 8.28. The Morgan fingerprint density at radius 1 is 1.24 bits per heavy atom. The number of halogens is 2. The summed E-state index contributed by atoms with van der Waals surface area (Å²) in [6, 6.07) is 6.42. The van der Waals surface area contributed by atoms with Gasteiger partial charge in [-0.25, -0.2) is 4.39 Å². The van der Waals surface area contributed by atoms with Gasteiger partial charge in [-0.3, -0.25) is 9.48 Å². The lowest BCUT2D eigenvalue weighted by molar-refractivity contribution is -0.132. The van der Waals surface area contributed by atoms with Gasteiger partial charge >= 0.3 is 0 Å². The van der Waals surface area contributed by atoms with E-state index in [2.05, 4.69) is 10.00 Å². The number of carbonyl (C=O) groups is 1. The summed E-state index contributed by atoms with van der Waals surface area (Å²) < 4.78 is 14.6. The second-order valence-corrected chi connectivity index (χ2v) is 6.38. The molecule has 0 radical (unpaired) electrons. The Morgan fingerprint density at radius 2 is 1.88 bits per heavy atom. The molecule has 2 aromatic rings. The molecule has 134 valence electrons. The molecule has 1 amide bonds. The third-order valence-corrected chi connectivity index (χ3v) is 4.87. The minimum atomic E-state index is -0.249. The Morgan fingerprint density at radius 3 is 2.48 bits per heavy atom. The first-order valence-corrected chi connectivity index (χ1v) is 8.66. The van der Waals surface area contributed by atoms with E-state index in [9.17, 15) is 9.18 Å². The monoisotopic (exact) mass is 365 g/mol. The van der Waals surface area contributed by atoms with E-state index in [1.54, 1.807) is 16.8 Å². The predicted molar refractivity (Wildman–Crippen MR) is 96.2 cm³/mol. The van der Waals surface area contributed by atoms with Crippen molar-refractivity contribution < 1.29 is 9.18 Å². The number of piperazine rings is 1. The van der Waals surface area contributed by atoms with Crippen molar-refractivity contribution in [3.8, 4) is 0 Å². The van der Waals surface area contributed by atoms with Crippen molar-refractivity contribution in [1.82, 2.24) is 14.7 Å². The van der Waals surface area contributed by atoms with Gasteiger partial charge in [-0.15, -0.1) is 0 Å². The largest absolute Gasteiger partial charge is 0.381 e. The lowest BCUT2D eigenvalue weighted by Gasteiger charge is -2.36. The molecule has 8 heteroatoms. The fraction of sp³-hybridized carbons (Fsp3) is 0.412. The molecule has 2 N–H and O–H groups in total. The van der Waals surface area contributed by atoms with Crippen LogP contribution in [0.1, 0.15) is 12.6 Å². The van der Waals surface area contributed by atoms with Gasteiger partial charge in [0.05, 0.1) is 5.69 Å². The summed E-state index contributed by atoms with van der Waals surface area (Å²) in [5.41, 5.74) is 7.48. The molecule has 2 heterocycles. The molecule has 1 saturated heterocycles. The number of nitrogens with two attached hydrogens (primary N) is 1. The van der Waals surface area contributed by atoms with Gasteiger partial charge in [0, 0.05) is 31.9 Å². The van der Waals surface area contributed by atoms with Crippen LogP contribution in [0.5, 0.6) is 0 Å². The molecule has 1 aliphatic heterocycles. The van der Waals surface area contributed by atoms with Crippen LogP contribution in [-0.2, 0) is 17.8 Å². The average molecular weight is 366 g/mol. The van der Waals surface area contributed by atoms with E-state index in [-0.39, 0.29) is 24.1 Å². The van der Waals surface area contributed by atoms with Crippen LogP contribution in [0.25, 0.3) is 0 Å². The lowest BCUT2D eigenvalue weighted by atomic mass is 10.2. The Bertz CT molecular complexity index is 753. The van der Waals surface area contributed by atoms with E-state index >= 15 is 0 Å². The SMILES string of the molecule is CCc1c(Cl)c(N)nn1CC(=O)N1CCN(c2ccc(F)cc2)CC1. The van der Waals surface area contributed by atoms with Crippen LogP contribution in [0.2, 0.25) is 5.02 Å². The number of nitrogen functional groups attached to an aromatic ring is 1. The van der Waals surface area contributed by atoms with Crippen LogP contribution in [0.3, 0.4) is 0 Å². The molecule has 0 bridgehead atoms. The smallest absolute Gasteiger partial charge is 0.244 e. The highest BCUT2D eigenvalue weighted by atomic mass is 35.5. The van der Waals surface area contributed by atoms with Gasteiger partial charge < -0.3 is 15.5 Å². The van der Waals surface area contributed by atoms with Crippen molar-refractivity contribution in [1.29, 1.82) is 0 Å². The summed E-state index contributed by atoms with van der Waals surface area (Å²) in [4.78, 5) is 16.5. The Labute approximate surface area is 150 Å². The van der Waals surface area contributed by atoms with Crippen LogP contribution in [0, 0.1) is 5.82 Å². The topological polar surface area (TPSA) is 67.4 Å². The molecule has 1 aromatic carbocycles. The van der Waals surface area contributed by atoms with Crippen LogP contribution >= 0.6 is 11.6 Å². The number of aromatic nitrogens is 2. The first kappa shape index (κ1) is 17.5. The van der Waals surface area contributed by atoms with Crippen molar-refractivity contribution in [2.75, 3.05) is 36.8 Å². The highest BCUT2D eigenvalue weighted by Crippen LogP contribution is 2.23. The molecule has 1 aliphatic rings. The summed E-state index contributed by atoms with van der Waals surface area (Å²) in [6.07, 6.45) is 0.661. The highest BCUT2D eigenvalue weighted by Gasteiger charge is 2.23. The average Bonchev–Trinajstić information content (AvgIpc) is 2.89. The molecule has 0 aliphatic carbocycles. The number of amides is 1. The summed E-state index contributed by atoms with van der Waals surface area (Å²) >= 11 is 6.11. The Hall–Kier alpha value is -2.28. The minimum absolute atomic E-state index is 0.00683. The number of benzene rings is 1. The van der Waals surface area contributed by atoms with Gasteiger partial charge in [-0.05, 0) is 30.7 Å². The minimum Gasteiger partial charge on any atom is -0.381 e. The zero-order chi connectivity index (χ0) is 18.0. The third-order valence-electron chi connectivity index (χ3n) is 4.46. The van der Waals surface area contributed by atoms with Gasteiger partial charge in [0.15, 0.2) is 5.82 Å². The number of rotatable bonds is 4. The van der Waals surface area contributed by atoms with Gasteiger partial charge in [-0.2, -0.15) is 5.10 Å². The van der Waals surface area contributed by atoms with Gasteiger partial charge in [-0.1, -0.05) is 18.5 Å². The molecule has 0 unspecified atom stereocenters. The highest BCUT2D eigenvalue weighted by molar-refractivity contribution is 6.33. The maximum Gasteiger partial charge on any atom is 0.244 e. The maximum absolute atomic E-state index is 13.0. The predicted octanol–water partition coefficient (Wildman–Crippen LogP) is 2.17. The standard InChI is InChI=1S/C17H21ClFN5O/c1-2-14-16(18)17(20)21-24(14)11-15(25)23-9-7-22(8-10-23)13-5-3-12(19)4-6-13/h3-6H,2,7-11H2,1H3,(H2,20,21).